The number of esters is 1. The van der Waals surface area contributed by atoms with E-state index in [9.17, 15) is 38.4 Å². The summed E-state index contributed by atoms with van der Waals surface area (Å²) in [5, 5.41) is 39.7. The van der Waals surface area contributed by atoms with Crippen molar-refractivity contribution in [2.24, 2.45) is 23.2 Å². The van der Waals surface area contributed by atoms with Gasteiger partial charge in [-0.3, -0.25) is 4.79 Å². The van der Waals surface area contributed by atoms with Gasteiger partial charge in [-0.25, -0.2) is 13.2 Å². The molecule has 0 radical (unpaired) electrons. The predicted molar refractivity (Wildman–Crippen MR) is 136 cm³/mol. The van der Waals surface area contributed by atoms with Gasteiger partial charge in [0.25, 0.3) is 0 Å². The van der Waals surface area contributed by atoms with E-state index >= 15 is 0 Å². The Balaban J connectivity index is 1.35. The molecule has 0 aliphatic heterocycles. The van der Waals surface area contributed by atoms with Crippen molar-refractivity contribution in [2.75, 3.05) is 19.8 Å². The van der Waals surface area contributed by atoms with Crippen molar-refractivity contribution in [2.45, 2.75) is 95.9 Å². The van der Waals surface area contributed by atoms with Gasteiger partial charge in [-0.1, -0.05) is 26.2 Å². The van der Waals surface area contributed by atoms with Gasteiger partial charge < -0.3 is 25.2 Å². The fourth-order valence-electron chi connectivity index (χ4n) is 5.92. The molecule has 3 rings (SSSR count). The van der Waals surface area contributed by atoms with E-state index in [1.807, 2.05) is 0 Å². The highest BCUT2D eigenvalue weighted by Gasteiger charge is 2.42. The molecule has 9 heteroatoms. The smallest absolute Gasteiger partial charge is 0.305 e. The molecule has 1 aromatic carbocycles. The second kappa shape index (κ2) is 14.1. The number of halogens is 3. The molecule has 0 spiro atoms. The highest BCUT2D eigenvalue weighted by molar-refractivity contribution is 5.69. The summed E-state index contributed by atoms with van der Waals surface area (Å²) < 4.78 is 47.0. The molecule has 0 amide bonds. The minimum Gasteiger partial charge on any atom is -0.465 e. The van der Waals surface area contributed by atoms with Crippen LogP contribution in [0.4, 0.5) is 13.2 Å². The predicted octanol–water partition coefficient (Wildman–Crippen LogP) is 4.03. The van der Waals surface area contributed by atoms with Crippen molar-refractivity contribution in [1.82, 2.24) is 0 Å². The topological polar surface area (TPSA) is 107 Å². The van der Waals surface area contributed by atoms with Crippen LogP contribution in [0.25, 0.3) is 0 Å². The summed E-state index contributed by atoms with van der Waals surface area (Å²) in [7, 11) is 0. The van der Waals surface area contributed by atoms with E-state index in [2.05, 4.69) is 0 Å². The summed E-state index contributed by atoms with van der Waals surface area (Å²) >= 11 is 0. The van der Waals surface area contributed by atoms with Crippen molar-refractivity contribution in [3.8, 4) is 0 Å². The molecule has 2 aliphatic carbocycles. The van der Waals surface area contributed by atoms with Crippen LogP contribution >= 0.6 is 0 Å². The van der Waals surface area contributed by atoms with E-state index in [0.717, 1.165) is 19.3 Å². The number of fused-ring (bicyclic) bond motifs is 1. The van der Waals surface area contributed by atoms with Gasteiger partial charge in [0.1, 0.15) is 12.8 Å². The number of carbonyl (C=O) groups excluding carboxylic acids is 1. The molecule has 216 valence electrons. The molecule has 5 atom stereocenters. The van der Waals surface area contributed by atoms with Crippen LogP contribution in [-0.4, -0.2) is 64.6 Å². The van der Waals surface area contributed by atoms with Crippen LogP contribution in [0.5, 0.6) is 0 Å². The molecular weight excluding hydrogens is 501 g/mol. The first kappa shape index (κ1) is 30.9. The summed E-state index contributed by atoms with van der Waals surface area (Å²) in [5.74, 6) is -2.80. The Morgan fingerprint density at radius 2 is 1.63 bits per heavy atom. The Hall–Kier alpha value is -1.68. The molecule has 2 aliphatic rings. The lowest BCUT2D eigenvalue weighted by atomic mass is 9.83. The molecule has 4 N–H and O–H groups in total. The summed E-state index contributed by atoms with van der Waals surface area (Å²) in [5.41, 5.74) is 0.583. The van der Waals surface area contributed by atoms with Gasteiger partial charge >= 0.3 is 5.97 Å². The molecule has 1 fully saturated rings. The highest BCUT2D eigenvalue weighted by atomic mass is 19.2. The normalized spacial score (nSPS) is 24.5. The fraction of sp³-hybridized carbons (Fsp3) is 0.759. The van der Waals surface area contributed by atoms with Crippen LogP contribution in [-0.2, 0) is 22.4 Å². The molecule has 38 heavy (non-hydrogen) atoms. The first-order valence-electron chi connectivity index (χ1n) is 13.9. The number of hydrogen-bond acceptors (Lipinski definition) is 6. The number of unbranched alkanes of at least 4 members (excludes halogenated alkanes) is 3. The maximum absolute atomic E-state index is 14.7. The minimum atomic E-state index is -1.12. The van der Waals surface area contributed by atoms with E-state index in [4.69, 9.17) is 4.74 Å². The number of alkyl halides is 1. The van der Waals surface area contributed by atoms with Crippen LogP contribution in [0.2, 0.25) is 0 Å². The Bertz CT molecular complexity index is 878. The third-order valence-corrected chi connectivity index (χ3v) is 8.54. The molecule has 1 unspecified atom stereocenters. The average Bonchev–Trinajstić information content (AvgIpc) is 3.42. The van der Waals surface area contributed by atoms with E-state index in [1.54, 1.807) is 6.92 Å². The Morgan fingerprint density at radius 1 is 1.03 bits per heavy atom. The Morgan fingerprint density at radius 3 is 2.24 bits per heavy atom. The average molecular weight is 545 g/mol. The SMILES string of the molecule is CC(CO)(CO)COC(=O)CCCCCC[C@@H]1[C@@H](CCC(O)C2Cc3cc(F)c(F)cc3C2)[C@@H](F)C[C@@H]1O. The number of ether oxygens (including phenoxy) is 1. The third-order valence-electron chi connectivity index (χ3n) is 8.54. The zero-order valence-electron chi connectivity index (χ0n) is 22.3. The van der Waals surface area contributed by atoms with Crippen LogP contribution in [0.15, 0.2) is 12.1 Å². The maximum atomic E-state index is 14.7. The molecule has 1 aromatic rings. The number of rotatable bonds is 15. The van der Waals surface area contributed by atoms with Crippen molar-refractivity contribution < 1.29 is 43.1 Å². The van der Waals surface area contributed by atoms with E-state index in [1.165, 1.54) is 12.1 Å². The second-order valence-electron chi connectivity index (χ2n) is 11.7. The second-order valence-corrected chi connectivity index (χ2v) is 11.7. The highest BCUT2D eigenvalue weighted by Crippen LogP contribution is 2.42. The standard InChI is InChI=1S/C29H43F3O6/c1-29(15-33,16-34)17-38-28(37)7-5-3-2-4-6-22-21(23(30)14-27(22)36)8-9-26(35)20-10-18-12-24(31)25(32)13-19(18)11-20/h12-13,20-23,26-27,33-36H,2-11,14-17H2,1H3/t21-,22-,23+,26?,27+/m1/s1. The molecule has 6 nitrogen and oxygen atoms in total. The summed E-state index contributed by atoms with van der Waals surface area (Å²) in [6, 6.07) is 2.40. The van der Waals surface area contributed by atoms with Crippen molar-refractivity contribution in [3.63, 3.8) is 0 Å². The fourth-order valence-corrected chi connectivity index (χ4v) is 5.92. The number of hydrogen-bond donors (Lipinski definition) is 4. The van der Waals surface area contributed by atoms with E-state index in [-0.39, 0.29) is 56.4 Å². The maximum Gasteiger partial charge on any atom is 0.305 e. The van der Waals surface area contributed by atoms with Crippen LogP contribution < -0.4 is 0 Å². The summed E-state index contributed by atoms with van der Waals surface area (Å²) in [4.78, 5) is 11.9. The lowest BCUT2D eigenvalue weighted by molar-refractivity contribution is -0.149. The van der Waals surface area contributed by atoms with Gasteiger partial charge in [0, 0.05) is 18.3 Å². The lowest BCUT2D eigenvalue weighted by Crippen LogP contribution is -2.32. The van der Waals surface area contributed by atoms with Crippen molar-refractivity contribution >= 4 is 5.97 Å². The van der Waals surface area contributed by atoms with Gasteiger partial charge in [0.2, 0.25) is 0 Å². The van der Waals surface area contributed by atoms with Crippen molar-refractivity contribution in [3.05, 3.63) is 34.9 Å². The molecule has 0 bridgehead atoms. The van der Waals surface area contributed by atoms with Gasteiger partial charge in [-0.2, -0.15) is 0 Å². The van der Waals surface area contributed by atoms with E-state index in [0.29, 0.717) is 49.7 Å². The Labute approximate surface area is 223 Å². The van der Waals surface area contributed by atoms with Crippen LogP contribution in [0, 0.1) is 34.8 Å². The molecule has 0 saturated heterocycles. The number of aliphatic hydroxyl groups is 4. The lowest BCUT2D eigenvalue weighted by Gasteiger charge is -2.25. The molecule has 0 heterocycles. The van der Waals surface area contributed by atoms with Gasteiger partial charge in [0.15, 0.2) is 11.6 Å². The van der Waals surface area contributed by atoms with Crippen LogP contribution in [0.1, 0.15) is 75.8 Å². The quantitative estimate of drug-likeness (QED) is 0.196. The summed E-state index contributed by atoms with van der Waals surface area (Å²) in [6.07, 6.45) is 3.32. The molecular formula is C29H43F3O6. The Kier molecular flexibility index (Phi) is 11.4. The van der Waals surface area contributed by atoms with Gasteiger partial charge in [0.05, 0.1) is 25.4 Å². The number of aliphatic hydroxyl groups excluding tert-OH is 4. The molecule has 1 saturated carbocycles. The molecule has 0 aromatic heterocycles. The number of benzene rings is 1. The zero-order valence-corrected chi connectivity index (χ0v) is 22.3. The van der Waals surface area contributed by atoms with Crippen molar-refractivity contribution in [1.29, 1.82) is 0 Å². The largest absolute Gasteiger partial charge is 0.465 e. The van der Waals surface area contributed by atoms with Crippen LogP contribution in [0.3, 0.4) is 0 Å². The van der Waals surface area contributed by atoms with Gasteiger partial charge in [-0.05, 0) is 79.5 Å². The first-order valence-corrected chi connectivity index (χ1v) is 13.9. The zero-order chi connectivity index (χ0) is 27.9. The monoisotopic (exact) mass is 544 g/mol. The number of carbonyl (C=O) groups is 1. The minimum absolute atomic E-state index is 0.0380. The third kappa shape index (κ3) is 8.16. The first-order chi connectivity index (χ1) is 18.1. The van der Waals surface area contributed by atoms with E-state index < -0.39 is 35.4 Å². The summed E-state index contributed by atoms with van der Waals surface area (Å²) in [6.45, 7) is 1.04. The van der Waals surface area contributed by atoms with Gasteiger partial charge in [-0.15, -0.1) is 0 Å².